The maximum absolute atomic E-state index is 13.9. The predicted molar refractivity (Wildman–Crippen MR) is 149 cm³/mol. The van der Waals surface area contributed by atoms with E-state index in [0.717, 1.165) is 20.2 Å². The third-order valence-electron chi connectivity index (χ3n) is 5.21. The van der Waals surface area contributed by atoms with E-state index in [1.165, 1.54) is 6.07 Å². The Morgan fingerprint density at radius 1 is 1.05 bits per heavy atom. The van der Waals surface area contributed by atoms with Crippen LogP contribution in [-0.2, 0) is 16.2 Å². The third-order valence-corrected chi connectivity index (χ3v) is 6.84. The highest BCUT2D eigenvalue weighted by molar-refractivity contribution is 14.1. The van der Waals surface area contributed by atoms with Gasteiger partial charge in [0.1, 0.15) is 19.0 Å². The molecule has 4 rings (SSSR count). The van der Waals surface area contributed by atoms with E-state index in [1.807, 2.05) is 19.1 Å². The van der Waals surface area contributed by atoms with Gasteiger partial charge >= 0.3 is 0 Å². The van der Waals surface area contributed by atoms with Gasteiger partial charge in [-0.1, -0.05) is 24.3 Å². The first-order chi connectivity index (χ1) is 17.8. The quantitative estimate of drug-likeness (QED) is 0.227. The Hall–Kier alpha value is -3.38. The molecule has 0 aliphatic carbocycles. The van der Waals surface area contributed by atoms with Gasteiger partial charge in [-0.15, -0.1) is 0 Å². The van der Waals surface area contributed by atoms with Crippen LogP contribution in [0, 0.1) is 9.39 Å². The van der Waals surface area contributed by atoms with Crippen LogP contribution in [0.2, 0.25) is 0 Å². The highest BCUT2D eigenvalue weighted by Gasteiger charge is 2.36. The van der Waals surface area contributed by atoms with Crippen molar-refractivity contribution in [1.82, 2.24) is 4.90 Å². The third kappa shape index (κ3) is 6.89. The van der Waals surface area contributed by atoms with Gasteiger partial charge in [0.25, 0.3) is 11.1 Å². The molecule has 1 fully saturated rings. The molecule has 3 aromatic carbocycles. The molecule has 0 aromatic heterocycles. The van der Waals surface area contributed by atoms with E-state index in [9.17, 15) is 18.8 Å². The van der Waals surface area contributed by atoms with Gasteiger partial charge in [0.15, 0.2) is 11.5 Å². The summed E-state index contributed by atoms with van der Waals surface area (Å²) in [7, 11) is 0. The van der Waals surface area contributed by atoms with Crippen LogP contribution in [0.1, 0.15) is 18.1 Å². The molecule has 1 N–H and O–H groups in total. The van der Waals surface area contributed by atoms with Crippen LogP contribution in [0.4, 0.5) is 14.9 Å². The fourth-order valence-electron chi connectivity index (χ4n) is 3.44. The van der Waals surface area contributed by atoms with Crippen LogP contribution in [0.3, 0.4) is 0 Å². The Morgan fingerprint density at radius 2 is 1.81 bits per heavy atom. The molecule has 1 aliphatic rings. The van der Waals surface area contributed by atoms with Crippen LogP contribution in [0.15, 0.2) is 71.6 Å². The number of nitrogens with zero attached hydrogens (tertiary/aromatic N) is 1. The molecule has 1 heterocycles. The molecule has 0 spiro atoms. The van der Waals surface area contributed by atoms with Gasteiger partial charge in [-0.3, -0.25) is 19.3 Å². The monoisotopic (exact) mass is 632 g/mol. The largest absolute Gasteiger partial charge is 0.490 e. The molecule has 0 radical (unpaired) electrons. The lowest BCUT2D eigenvalue weighted by Gasteiger charge is -2.13. The number of nitrogens with one attached hydrogen (secondary N) is 1. The van der Waals surface area contributed by atoms with Crippen molar-refractivity contribution in [3.63, 3.8) is 0 Å². The van der Waals surface area contributed by atoms with Gasteiger partial charge in [-0.25, -0.2) is 4.39 Å². The van der Waals surface area contributed by atoms with Gasteiger partial charge in [-0.2, -0.15) is 0 Å². The number of imide groups is 1. The Bertz CT molecular complexity index is 1360. The minimum absolute atomic E-state index is 0.0231. The number of amides is 3. The van der Waals surface area contributed by atoms with Crippen molar-refractivity contribution in [3.05, 3.63) is 92.1 Å². The summed E-state index contributed by atoms with van der Waals surface area (Å²) < 4.78 is 26.4. The standard InChI is InChI=1S/C27H22FIN2O5S/c1-2-35-23-13-17(7-12-22(23)36-16-18-5-3-4-6-21(18)28)14-24-26(33)31(27(34)37-24)15-25(32)30-20-10-8-19(29)9-11-20/h3-14H,2,15-16H2,1H3,(H,30,32)/b24-14+. The van der Waals surface area contributed by atoms with Crippen LogP contribution in [0.25, 0.3) is 6.08 Å². The van der Waals surface area contributed by atoms with Gasteiger partial charge in [0.05, 0.1) is 11.5 Å². The van der Waals surface area contributed by atoms with E-state index in [4.69, 9.17) is 9.47 Å². The van der Waals surface area contributed by atoms with Gasteiger partial charge < -0.3 is 14.8 Å². The fourth-order valence-corrected chi connectivity index (χ4v) is 4.64. The first-order valence-electron chi connectivity index (χ1n) is 11.3. The van der Waals surface area contributed by atoms with E-state index in [0.29, 0.717) is 34.9 Å². The van der Waals surface area contributed by atoms with Crippen molar-refractivity contribution in [2.45, 2.75) is 13.5 Å². The number of carbonyl (C=O) groups excluding carboxylic acids is 3. The Labute approximate surface area is 231 Å². The lowest BCUT2D eigenvalue weighted by Crippen LogP contribution is -2.36. The van der Waals surface area contributed by atoms with E-state index >= 15 is 0 Å². The molecule has 3 aromatic rings. The Kier molecular flexibility index (Phi) is 8.82. The van der Waals surface area contributed by atoms with Crippen molar-refractivity contribution >= 4 is 63.2 Å². The van der Waals surface area contributed by atoms with Crippen LogP contribution in [-0.4, -0.2) is 35.1 Å². The number of anilines is 1. The molecule has 0 saturated carbocycles. The molecular weight excluding hydrogens is 610 g/mol. The summed E-state index contributed by atoms with van der Waals surface area (Å²) in [6.45, 7) is 1.82. The van der Waals surface area contributed by atoms with Crippen LogP contribution < -0.4 is 14.8 Å². The molecule has 1 aliphatic heterocycles. The first-order valence-corrected chi connectivity index (χ1v) is 13.2. The number of hydrogen-bond acceptors (Lipinski definition) is 6. The lowest BCUT2D eigenvalue weighted by atomic mass is 10.1. The molecular formula is C27H22FIN2O5S. The minimum Gasteiger partial charge on any atom is -0.490 e. The number of rotatable bonds is 9. The molecule has 0 unspecified atom stereocenters. The van der Waals surface area contributed by atoms with Crippen LogP contribution in [0.5, 0.6) is 11.5 Å². The molecule has 7 nitrogen and oxygen atoms in total. The van der Waals surface area contributed by atoms with Crippen molar-refractivity contribution in [3.8, 4) is 11.5 Å². The Balaban J connectivity index is 1.45. The number of benzene rings is 3. The summed E-state index contributed by atoms with van der Waals surface area (Å²) in [4.78, 5) is 38.8. The fraction of sp³-hybridized carbons (Fsp3) is 0.148. The SMILES string of the molecule is CCOc1cc(/C=C2/SC(=O)N(CC(=O)Nc3ccc(I)cc3)C2=O)ccc1OCc1ccccc1F. The predicted octanol–water partition coefficient (Wildman–Crippen LogP) is 6.08. The molecule has 37 heavy (non-hydrogen) atoms. The molecule has 1 saturated heterocycles. The van der Waals surface area contributed by atoms with Gasteiger partial charge in [0.2, 0.25) is 5.91 Å². The zero-order valence-electron chi connectivity index (χ0n) is 19.7. The first kappa shape index (κ1) is 26.7. The Morgan fingerprint density at radius 3 is 2.54 bits per heavy atom. The van der Waals surface area contributed by atoms with E-state index < -0.39 is 17.1 Å². The number of halogens is 2. The second-order valence-electron chi connectivity index (χ2n) is 7.84. The van der Waals surface area contributed by atoms with Crippen molar-refractivity contribution in [1.29, 1.82) is 0 Å². The molecule has 190 valence electrons. The number of hydrogen-bond donors (Lipinski definition) is 1. The summed E-state index contributed by atoms with van der Waals surface area (Å²) in [5.41, 5.74) is 1.60. The van der Waals surface area contributed by atoms with Crippen molar-refractivity contribution < 1.29 is 28.2 Å². The molecule has 0 bridgehead atoms. The summed E-state index contributed by atoms with van der Waals surface area (Å²) in [5, 5.41) is 2.16. The minimum atomic E-state index is -0.550. The summed E-state index contributed by atoms with van der Waals surface area (Å²) in [6, 6.07) is 18.6. The van der Waals surface area contributed by atoms with Gasteiger partial charge in [-0.05, 0) is 95.4 Å². The summed E-state index contributed by atoms with van der Waals surface area (Å²) in [5.74, 6) is -0.545. The molecule has 10 heteroatoms. The summed E-state index contributed by atoms with van der Waals surface area (Å²) in [6.07, 6.45) is 1.56. The second kappa shape index (κ2) is 12.2. The number of carbonyl (C=O) groups is 3. The summed E-state index contributed by atoms with van der Waals surface area (Å²) >= 11 is 2.92. The van der Waals surface area contributed by atoms with Crippen LogP contribution >= 0.6 is 34.4 Å². The number of ether oxygens (including phenoxy) is 2. The normalized spacial score (nSPS) is 14.2. The maximum Gasteiger partial charge on any atom is 0.294 e. The highest BCUT2D eigenvalue weighted by Crippen LogP contribution is 2.35. The average Bonchev–Trinajstić information content (AvgIpc) is 3.13. The molecule has 3 amide bonds. The lowest BCUT2D eigenvalue weighted by molar-refractivity contribution is -0.127. The van der Waals surface area contributed by atoms with Gasteiger partial charge in [0, 0.05) is 14.8 Å². The zero-order valence-corrected chi connectivity index (χ0v) is 22.7. The van der Waals surface area contributed by atoms with Crippen molar-refractivity contribution in [2.24, 2.45) is 0 Å². The maximum atomic E-state index is 13.9. The van der Waals surface area contributed by atoms with Crippen molar-refractivity contribution in [2.75, 3.05) is 18.5 Å². The van der Waals surface area contributed by atoms with E-state index in [-0.39, 0.29) is 23.9 Å². The highest BCUT2D eigenvalue weighted by atomic mass is 127. The zero-order chi connectivity index (χ0) is 26.4. The average molecular weight is 632 g/mol. The van der Waals surface area contributed by atoms with E-state index in [1.54, 1.807) is 54.6 Å². The smallest absolute Gasteiger partial charge is 0.294 e. The second-order valence-corrected chi connectivity index (χ2v) is 10.1. The van der Waals surface area contributed by atoms with E-state index in [2.05, 4.69) is 27.9 Å². The number of thioether (sulfide) groups is 1. The topological polar surface area (TPSA) is 84.9 Å². The molecule has 0 atom stereocenters.